The van der Waals surface area contributed by atoms with E-state index in [1.54, 1.807) is 0 Å². The van der Waals surface area contributed by atoms with Gasteiger partial charge in [0, 0.05) is 5.39 Å². The first-order valence-electron chi connectivity index (χ1n) is 13.4. The molecule has 0 heterocycles. The average Bonchev–Trinajstić information content (AvgIpc) is 3.00. The summed E-state index contributed by atoms with van der Waals surface area (Å²) in [6.07, 6.45) is 0. The van der Waals surface area contributed by atoms with Gasteiger partial charge in [-0.1, -0.05) is 6.07 Å². The third-order valence-corrected chi connectivity index (χ3v) is 12.2. The summed E-state index contributed by atoms with van der Waals surface area (Å²) in [5, 5.41) is 12.9. The summed E-state index contributed by atoms with van der Waals surface area (Å²) in [6.45, 7) is -1.03. The molecule has 35 heteroatoms. The molecule has 0 aliphatic rings. The monoisotopic (exact) mass is 984 g/mol. The van der Waals surface area contributed by atoms with Crippen molar-refractivity contribution in [2.45, 2.75) is 24.5 Å². The van der Waals surface area contributed by atoms with Crippen LogP contribution in [0.25, 0.3) is 10.8 Å². The number of sulfone groups is 1. The summed E-state index contributed by atoms with van der Waals surface area (Å²) in [7, 11) is -31.7. The van der Waals surface area contributed by atoms with Crippen LogP contribution in [0.15, 0.2) is 99.5 Å². The van der Waals surface area contributed by atoms with Gasteiger partial charge in [-0.25, -0.2) is 50.5 Å². The first kappa shape index (κ1) is 61.5. The average molecular weight is 985 g/mol. The van der Waals surface area contributed by atoms with Crippen molar-refractivity contribution in [2.75, 3.05) is 23.8 Å². The van der Waals surface area contributed by atoms with Crippen molar-refractivity contribution in [3.8, 4) is 0 Å². The van der Waals surface area contributed by atoms with Gasteiger partial charge >= 0.3 is 148 Å². The summed E-state index contributed by atoms with van der Waals surface area (Å²) in [5.41, 5.74) is 7.13. The molecular formula is C24H17N6Na5O18S6. The molecule has 0 aliphatic heterocycles. The van der Waals surface area contributed by atoms with Crippen LogP contribution in [0.5, 0.6) is 0 Å². The molecule has 0 amide bonds. The van der Waals surface area contributed by atoms with Gasteiger partial charge in [-0.2, -0.15) is 5.11 Å². The zero-order valence-electron chi connectivity index (χ0n) is 30.9. The van der Waals surface area contributed by atoms with Crippen molar-refractivity contribution in [3.05, 3.63) is 54.6 Å². The fourth-order valence-electron chi connectivity index (χ4n) is 4.33. The van der Waals surface area contributed by atoms with Crippen molar-refractivity contribution in [1.29, 1.82) is 0 Å². The number of nitrogens with two attached hydrogens (primary N) is 2. The zero-order chi connectivity index (χ0) is 40.8. The Labute approximate surface area is 447 Å². The minimum atomic E-state index is -5.63. The standard InChI is InChI=1S/C24H22N6O18S6.5Na/c25-22-18(29-28-17-10-16-12(7-20(17)52(39,40)41)6-15(50(33,34)35)9-19(16)51(36,37)38)11-21(53(42,43)44)23(26)24(22)30-27-13-2-1-3-14(8-13)49(31,32)5-4-48-54(45,46)47;;;;;/h1-3,6-11H,4-5,25-26H2,(H,33,34,35)(H,36,37,38)(H,39,40,41)(H,42,43,44)(H,45,46,47);;;;;/q;5*+1/p-5. The van der Waals surface area contributed by atoms with Gasteiger partial charge in [-0.15, -0.1) is 15.3 Å². The van der Waals surface area contributed by atoms with E-state index in [-0.39, 0.29) is 160 Å². The molecule has 0 aromatic heterocycles. The quantitative estimate of drug-likeness (QED) is 0.0413. The van der Waals surface area contributed by atoms with Crippen LogP contribution in [0.1, 0.15) is 0 Å². The van der Waals surface area contributed by atoms with Crippen molar-refractivity contribution >= 4 is 106 Å². The molecular weight excluding hydrogens is 968 g/mol. The summed E-state index contributed by atoms with van der Waals surface area (Å²) in [6, 6.07) is 6.09. The van der Waals surface area contributed by atoms with Gasteiger partial charge in [-0.05, 0) is 53.9 Å². The number of benzene rings is 4. The van der Waals surface area contributed by atoms with Gasteiger partial charge in [0.1, 0.15) is 57.5 Å². The molecule has 24 nitrogen and oxygen atoms in total. The van der Waals surface area contributed by atoms with Crippen LogP contribution in [-0.2, 0) is 64.9 Å². The first-order valence-corrected chi connectivity index (χ1v) is 22.0. The van der Waals surface area contributed by atoms with E-state index in [1.165, 1.54) is 0 Å². The fraction of sp³-hybridized carbons (Fsp3) is 0.0833. The number of hydrogen-bond acceptors (Lipinski definition) is 24. The van der Waals surface area contributed by atoms with Gasteiger partial charge < -0.3 is 34.2 Å². The number of rotatable bonds is 13. The number of nitrogen functional groups attached to an aromatic ring is 2. The number of fused-ring (bicyclic) bond motifs is 1. The molecule has 0 saturated heterocycles. The maximum absolute atomic E-state index is 12.6. The van der Waals surface area contributed by atoms with Gasteiger partial charge in [0.05, 0.1) is 53.9 Å². The third kappa shape index (κ3) is 16.4. The molecule has 0 fully saturated rings. The van der Waals surface area contributed by atoms with Crippen molar-refractivity contribution in [1.82, 2.24) is 0 Å². The zero-order valence-corrected chi connectivity index (χ0v) is 45.8. The van der Waals surface area contributed by atoms with Gasteiger partial charge in [0.2, 0.25) is 10.4 Å². The second-order valence-corrected chi connectivity index (χ2v) is 18.9. The number of hydrogen-bond donors (Lipinski definition) is 2. The minimum absolute atomic E-state index is 0. The predicted octanol–water partition coefficient (Wildman–Crippen LogP) is -14.3. The Kier molecular flexibility index (Phi) is 24.0. The Morgan fingerprint density at radius 1 is 0.525 bits per heavy atom. The summed E-state index contributed by atoms with van der Waals surface area (Å²) >= 11 is 0. The molecule has 292 valence electrons. The molecule has 0 saturated carbocycles. The number of anilines is 2. The van der Waals surface area contributed by atoms with Crippen LogP contribution in [0.4, 0.5) is 34.1 Å². The van der Waals surface area contributed by atoms with Crippen LogP contribution in [0.3, 0.4) is 0 Å². The van der Waals surface area contributed by atoms with Crippen LogP contribution < -0.4 is 159 Å². The second-order valence-electron chi connectivity index (χ2n) is 10.3. The number of azo groups is 2. The minimum Gasteiger partial charge on any atom is -0.744 e. The largest absolute Gasteiger partial charge is 1.00 e. The molecule has 4 rings (SSSR count). The maximum Gasteiger partial charge on any atom is 1.00 e. The van der Waals surface area contributed by atoms with E-state index in [2.05, 4.69) is 24.6 Å². The molecule has 59 heavy (non-hydrogen) atoms. The van der Waals surface area contributed by atoms with Crippen molar-refractivity contribution < 1.29 is 225 Å². The van der Waals surface area contributed by atoms with Crippen LogP contribution >= 0.6 is 0 Å². The van der Waals surface area contributed by atoms with Crippen molar-refractivity contribution in [3.63, 3.8) is 0 Å². The van der Waals surface area contributed by atoms with Crippen LogP contribution in [-0.4, -0.2) is 85.6 Å². The van der Waals surface area contributed by atoms with Gasteiger partial charge in [0.25, 0.3) is 0 Å². The van der Waals surface area contributed by atoms with Crippen LogP contribution in [0.2, 0.25) is 0 Å². The fourth-order valence-corrected chi connectivity index (χ4v) is 8.42. The molecule has 4 aromatic carbocycles. The second kappa shape index (κ2) is 23.0. The van der Waals surface area contributed by atoms with E-state index in [9.17, 15) is 73.3 Å². The molecule has 4 aromatic rings. The summed E-state index contributed by atoms with van der Waals surface area (Å²) in [5.74, 6) is -0.976. The van der Waals surface area contributed by atoms with E-state index in [1.807, 2.05) is 0 Å². The Balaban J connectivity index is 0. The molecule has 0 unspecified atom stereocenters. The van der Waals surface area contributed by atoms with E-state index in [4.69, 9.17) is 11.5 Å². The van der Waals surface area contributed by atoms with Crippen LogP contribution in [0, 0.1) is 0 Å². The Morgan fingerprint density at radius 2 is 1.07 bits per heavy atom. The molecule has 4 N–H and O–H groups in total. The van der Waals surface area contributed by atoms with Gasteiger partial charge in [0.15, 0.2) is 9.84 Å². The molecule has 0 bridgehead atoms. The smallest absolute Gasteiger partial charge is 0.744 e. The normalized spacial score (nSPS) is 12.5. The van der Waals surface area contributed by atoms with E-state index >= 15 is 0 Å². The molecule has 0 radical (unpaired) electrons. The van der Waals surface area contributed by atoms with Crippen molar-refractivity contribution in [2.24, 2.45) is 20.5 Å². The number of nitrogens with zero attached hydrogens (tertiary/aromatic N) is 4. The molecule has 0 atom stereocenters. The van der Waals surface area contributed by atoms with E-state index < -0.39 is 137 Å². The SMILES string of the molecule is Nc1c(N=Nc2cc3c(S(=O)(=O)[O-])cc(S(=O)(=O)[O-])cc3cc2S(=O)(=O)[O-])cc(S(=O)(=O)[O-])c(N)c1N=Nc1cccc(S(=O)(=O)CCOS(=O)(=O)[O-])c1.[Na+].[Na+].[Na+].[Na+].[Na+]. The first-order chi connectivity index (χ1) is 24.5. The summed E-state index contributed by atoms with van der Waals surface area (Å²) < 4.78 is 204. The molecule has 0 spiro atoms. The third-order valence-electron chi connectivity index (χ3n) is 6.67. The van der Waals surface area contributed by atoms with E-state index in [0.717, 1.165) is 24.3 Å². The predicted molar refractivity (Wildman–Crippen MR) is 174 cm³/mol. The molecule has 0 aliphatic carbocycles. The summed E-state index contributed by atoms with van der Waals surface area (Å²) in [4.78, 5) is -5.74. The Morgan fingerprint density at radius 3 is 1.58 bits per heavy atom. The Bertz CT molecular complexity index is 2990. The van der Waals surface area contributed by atoms with E-state index in [0.29, 0.717) is 24.3 Å². The maximum atomic E-state index is 12.6. The Hall–Kier alpha value is 0.400. The van der Waals surface area contributed by atoms with Gasteiger partial charge in [-0.3, -0.25) is 4.18 Å². The topological polar surface area (TPSA) is 431 Å².